The van der Waals surface area contributed by atoms with Crippen LogP contribution < -0.4 is 4.74 Å². The van der Waals surface area contributed by atoms with Crippen molar-refractivity contribution in [2.75, 3.05) is 13.1 Å². The summed E-state index contributed by atoms with van der Waals surface area (Å²) in [6.45, 7) is 19.9. The number of ether oxygens (including phenoxy) is 1. The number of rotatable bonds is 18. The minimum Gasteiger partial charge on any atom is -0.457 e. The van der Waals surface area contributed by atoms with E-state index in [9.17, 15) is 10.2 Å². The molecule has 0 bridgehead atoms. The van der Waals surface area contributed by atoms with E-state index in [0.717, 1.165) is 59.7 Å². The molecule has 4 rings (SSSR count). The van der Waals surface area contributed by atoms with Crippen LogP contribution in [0.15, 0.2) is 97.1 Å². The van der Waals surface area contributed by atoms with E-state index in [2.05, 4.69) is 138 Å². The second-order valence-corrected chi connectivity index (χ2v) is 14.5. The molecule has 0 unspecified atom stereocenters. The van der Waals surface area contributed by atoms with Gasteiger partial charge in [-0.25, -0.2) is 0 Å². The molecular weight excluding hydrogens is 604 g/mol. The first-order valence-electron chi connectivity index (χ1n) is 18.3. The summed E-state index contributed by atoms with van der Waals surface area (Å²) in [6.07, 6.45) is 1.82. The van der Waals surface area contributed by atoms with E-state index in [4.69, 9.17) is 4.74 Å². The van der Waals surface area contributed by atoms with Crippen LogP contribution in [0.25, 0.3) is 0 Å². The van der Waals surface area contributed by atoms with Gasteiger partial charge >= 0.3 is 0 Å². The fourth-order valence-corrected chi connectivity index (χ4v) is 7.40. The van der Waals surface area contributed by atoms with Crippen molar-refractivity contribution in [3.05, 3.63) is 130 Å². The minimum absolute atomic E-state index is 0.0341. The largest absolute Gasteiger partial charge is 0.457 e. The fraction of sp³-hybridized carbons (Fsp3) is 0.455. The zero-order valence-electron chi connectivity index (χ0n) is 31.1. The highest BCUT2D eigenvalue weighted by atomic mass is 16.5. The third-order valence-corrected chi connectivity index (χ3v) is 9.89. The van der Waals surface area contributed by atoms with Crippen molar-refractivity contribution in [2.24, 2.45) is 0 Å². The Labute approximate surface area is 296 Å². The summed E-state index contributed by atoms with van der Waals surface area (Å²) >= 11 is 0. The molecule has 0 saturated carbocycles. The molecule has 0 saturated heterocycles. The van der Waals surface area contributed by atoms with Gasteiger partial charge in [-0.05, 0) is 128 Å². The van der Waals surface area contributed by atoms with Gasteiger partial charge in [-0.2, -0.15) is 0 Å². The molecule has 0 heterocycles. The van der Waals surface area contributed by atoms with E-state index in [-0.39, 0.29) is 25.0 Å². The number of aliphatic hydroxyl groups is 2. The Bertz CT molecular complexity index is 1420. The lowest BCUT2D eigenvalue weighted by Crippen LogP contribution is -2.38. The summed E-state index contributed by atoms with van der Waals surface area (Å²) in [5, 5.41) is 20.5. The molecule has 2 N–H and O–H groups in total. The molecule has 5 heteroatoms. The predicted molar refractivity (Wildman–Crippen MR) is 205 cm³/mol. The molecule has 0 aliphatic heterocycles. The number of hydrogen-bond donors (Lipinski definition) is 2. The van der Waals surface area contributed by atoms with Gasteiger partial charge in [0, 0.05) is 47.1 Å². The first kappa shape index (κ1) is 38.3. The van der Waals surface area contributed by atoms with Gasteiger partial charge in [0.1, 0.15) is 11.5 Å². The Balaban J connectivity index is 1.83. The first-order chi connectivity index (χ1) is 23.5. The van der Waals surface area contributed by atoms with Crippen LogP contribution in [-0.2, 0) is 13.2 Å². The Morgan fingerprint density at radius 2 is 0.837 bits per heavy atom. The summed E-state index contributed by atoms with van der Waals surface area (Å²) in [5.41, 5.74) is 6.35. The van der Waals surface area contributed by atoms with Gasteiger partial charge in [-0.3, -0.25) is 9.80 Å². The number of benzene rings is 4. The van der Waals surface area contributed by atoms with Crippen LogP contribution in [0.4, 0.5) is 0 Å². The Morgan fingerprint density at radius 3 is 1.14 bits per heavy atom. The zero-order valence-corrected chi connectivity index (χ0v) is 31.1. The molecule has 0 spiro atoms. The molecule has 0 aromatic heterocycles. The molecule has 0 radical (unpaired) electrons. The molecule has 49 heavy (non-hydrogen) atoms. The second-order valence-electron chi connectivity index (χ2n) is 14.5. The highest BCUT2D eigenvalue weighted by Crippen LogP contribution is 2.42. The predicted octanol–water partition coefficient (Wildman–Crippen LogP) is 9.75. The second kappa shape index (κ2) is 18.5. The van der Waals surface area contributed by atoms with Gasteiger partial charge in [-0.15, -0.1) is 0 Å². The number of hydrogen-bond acceptors (Lipinski definition) is 5. The lowest BCUT2D eigenvalue weighted by Gasteiger charge is -2.33. The highest BCUT2D eigenvalue weighted by Gasteiger charge is 2.26. The zero-order chi connectivity index (χ0) is 35.5. The minimum atomic E-state index is -0.0341. The molecule has 0 aliphatic carbocycles. The summed E-state index contributed by atoms with van der Waals surface area (Å²) in [6, 6.07) is 35.3. The SMILES string of the molecule is CC(C)N(CC[C@H](c1ccccc1)c1cc(CO)ccc1Oc1ccc(CO)cc1[C@H](CCN(C(C)C)C(C)C)c1ccccc1)C(C)C. The fourth-order valence-electron chi connectivity index (χ4n) is 7.40. The number of nitrogens with zero attached hydrogens (tertiary/aromatic N) is 2. The van der Waals surface area contributed by atoms with Crippen molar-refractivity contribution in [1.82, 2.24) is 9.80 Å². The normalized spacial score (nSPS) is 13.3. The maximum Gasteiger partial charge on any atom is 0.131 e. The molecule has 0 amide bonds. The van der Waals surface area contributed by atoms with E-state index in [1.807, 2.05) is 24.3 Å². The molecular formula is C44H60N2O3. The van der Waals surface area contributed by atoms with Crippen LogP contribution >= 0.6 is 0 Å². The van der Waals surface area contributed by atoms with E-state index < -0.39 is 0 Å². The van der Waals surface area contributed by atoms with E-state index in [0.29, 0.717) is 24.2 Å². The maximum absolute atomic E-state index is 10.3. The number of aliphatic hydroxyl groups excluding tert-OH is 2. The third-order valence-electron chi connectivity index (χ3n) is 9.89. The smallest absolute Gasteiger partial charge is 0.131 e. The molecule has 4 aromatic carbocycles. The molecule has 264 valence electrons. The van der Waals surface area contributed by atoms with Crippen molar-refractivity contribution in [3.8, 4) is 11.5 Å². The van der Waals surface area contributed by atoms with Crippen LogP contribution in [0, 0.1) is 0 Å². The van der Waals surface area contributed by atoms with Crippen molar-refractivity contribution in [2.45, 2.75) is 117 Å². The van der Waals surface area contributed by atoms with E-state index >= 15 is 0 Å². The summed E-state index contributed by atoms with van der Waals surface area (Å²) < 4.78 is 7.06. The molecule has 0 fully saturated rings. The van der Waals surface area contributed by atoms with Gasteiger partial charge in [0.2, 0.25) is 0 Å². The summed E-state index contributed by atoms with van der Waals surface area (Å²) in [7, 11) is 0. The molecule has 0 aliphatic rings. The van der Waals surface area contributed by atoms with E-state index in [1.54, 1.807) is 0 Å². The van der Waals surface area contributed by atoms with E-state index in [1.165, 1.54) is 11.1 Å². The van der Waals surface area contributed by atoms with Gasteiger partial charge in [0.15, 0.2) is 0 Å². The van der Waals surface area contributed by atoms with Gasteiger partial charge in [-0.1, -0.05) is 72.8 Å². The summed E-state index contributed by atoms with van der Waals surface area (Å²) in [4.78, 5) is 5.08. The van der Waals surface area contributed by atoms with Crippen molar-refractivity contribution in [1.29, 1.82) is 0 Å². The van der Waals surface area contributed by atoms with Crippen LogP contribution in [0.5, 0.6) is 11.5 Å². The standard InChI is InChI=1S/C44H60N2O3/c1-31(2)45(32(3)4)25-23-39(37-15-11-9-12-16-37)41-27-35(29-47)19-21-43(41)49-44-22-20-36(30-48)28-42(44)40(38-17-13-10-14-18-38)24-26-46(33(5)6)34(7)8/h9-22,27-28,31-34,39-40,47-48H,23-26,29-30H2,1-8H3/t39-,40-/m1/s1. The van der Waals surface area contributed by atoms with Gasteiger partial charge in [0.25, 0.3) is 0 Å². The monoisotopic (exact) mass is 664 g/mol. The molecule has 2 atom stereocenters. The van der Waals surface area contributed by atoms with Crippen LogP contribution in [0.1, 0.15) is 113 Å². The quantitative estimate of drug-likeness (QED) is 0.111. The Hall–Kier alpha value is -3.48. The van der Waals surface area contributed by atoms with Gasteiger partial charge < -0.3 is 14.9 Å². The Morgan fingerprint density at radius 1 is 0.490 bits per heavy atom. The average Bonchev–Trinajstić information content (AvgIpc) is 3.09. The third kappa shape index (κ3) is 10.3. The van der Waals surface area contributed by atoms with Crippen molar-refractivity contribution in [3.63, 3.8) is 0 Å². The van der Waals surface area contributed by atoms with Crippen molar-refractivity contribution < 1.29 is 14.9 Å². The molecule has 5 nitrogen and oxygen atoms in total. The van der Waals surface area contributed by atoms with Gasteiger partial charge in [0.05, 0.1) is 13.2 Å². The van der Waals surface area contributed by atoms with Crippen molar-refractivity contribution >= 4 is 0 Å². The van der Waals surface area contributed by atoms with Crippen LogP contribution in [-0.4, -0.2) is 57.3 Å². The van der Waals surface area contributed by atoms with Crippen LogP contribution in [0.2, 0.25) is 0 Å². The topological polar surface area (TPSA) is 56.2 Å². The lowest BCUT2D eigenvalue weighted by molar-refractivity contribution is 0.170. The van der Waals surface area contributed by atoms with Crippen LogP contribution in [0.3, 0.4) is 0 Å². The summed E-state index contributed by atoms with van der Waals surface area (Å²) in [5.74, 6) is 1.72. The molecule has 4 aromatic rings. The average molecular weight is 665 g/mol. The Kier molecular flexibility index (Phi) is 14.5. The first-order valence-corrected chi connectivity index (χ1v) is 18.3. The lowest BCUT2D eigenvalue weighted by atomic mass is 9.86. The highest BCUT2D eigenvalue weighted by molar-refractivity contribution is 5.50. The maximum atomic E-state index is 10.3.